The van der Waals surface area contributed by atoms with E-state index in [1.54, 1.807) is 13.8 Å². The van der Waals surface area contributed by atoms with Crippen molar-refractivity contribution in [1.82, 2.24) is 14.3 Å². The molecule has 0 unspecified atom stereocenters. The fraction of sp³-hybridized carbons (Fsp3) is 0.500. The lowest BCUT2D eigenvalue weighted by Gasteiger charge is -2.21. The fourth-order valence-electron chi connectivity index (χ4n) is 0.891. The molecule has 1 N–H and O–H groups in total. The summed E-state index contributed by atoms with van der Waals surface area (Å²) in [6.07, 6.45) is 1.13. The van der Waals surface area contributed by atoms with Crippen LogP contribution < -0.4 is 4.72 Å². The van der Waals surface area contributed by atoms with Gasteiger partial charge in [0, 0.05) is 13.1 Å². The van der Waals surface area contributed by atoms with Crippen LogP contribution in [0.2, 0.25) is 10.2 Å². The summed E-state index contributed by atoms with van der Waals surface area (Å²) in [4.78, 5) is 7.34. The number of halogens is 2. The molecule has 0 bridgehead atoms. The van der Waals surface area contributed by atoms with Gasteiger partial charge in [-0.3, -0.25) is 4.72 Å². The zero-order valence-corrected chi connectivity index (χ0v) is 11.8. The molecule has 0 aliphatic rings. The number of nitrogens with zero attached hydrogens (tertiary/aromatic N) is 3. The van der Waals surface area contributed by atoms with Gasteiger partial charge >= 0.3 is 10.2 Å². The van der Waals surface area contributed by atoms with E-state index in [0.29, 0.717) is 0 Å². The maximum Gasteiger partial charge on any atom is 0.302 e. The first-order valence-corrected chi connectivity index (χ1v) is 6.87. The average Bonchev–Trinajstić information content (AvgIpc) is 2.23. The molecule has 6 nitrogen and oxygen atoms in total. The molecule has 17 heavy (non-hydrogen) atoms. The third-order valence-corrected chi connectivity index (χ3v) is 4.45. The Morgan fingerprint density at radius 2 is 1.94 bits per heavy atom. The fourth-order valence-corrected chi connectivity index (χ4v) is 2.32. The second-order valence-electron chi connectivity index (χ2n) is 3.54. The summed E-state index contributed by atoms with van der Waals surface area (Å²) >= 11 is 11.4. The number of rotatable bonds is 4. The van der Waals surface area contributed by atoms with Gasteiger partial charge in [-0.15, -0.1) is 0 Å². The normalized spacial score (nSPS) is 12.2. The minimum atomic E-state index is -3.70. The van der Waals surface area contributed by atoms with Gasteiger partial charge in [-0.1, -0.05) is 23.2 Å². The van der Waals surface area contributed by atoms with Gasteiger partial charge in [0.05, 0.1) is 0 Å². The van der Waals surface area contributed by atoms with Gasteiger partial charge < -0.3 is 0 Å². The lowest BCUT2D eigenvalue weighted by molar-refractivity contribution is 0.414. The Bertz CT molecular complexity index is 506. The van der Waals surface area contributed by atoms with Gasteiger partial charge in [-0.2, -0.15) is 12.7 Å². The van der Waals surface area contributed by atoms with Crippen LogP contribution in [0.3, 0.4) is 0 Å². The van der Waals surface area contributed by atoms with Crippen LogP contribution in [-0.4, -0.2) is 35.8 Å². The number of aromatic nitrogens is 2. The minimum Gasteiger partial charge on any atom is -0.253 e. The largest absolute Gasteiger partial charge is 0.302 e. The van der Waals surface area contributed by atoms with Crippen molar-refractivity contribution in [3.63, 3.8) is 0 Å². The maximum atomic E-state index is 11.9. The summed E-state index contributed by atoms with van der Waals surface area (Å²) in [5.41, 5.74) is 0. The van der Waals surface area contributed by atoms with Crippen molar-refractivity contribution in [3.8, 4) is 0 Å². The third-order valence-electron chi connectivity index (χ3n) is 2.08. The molecule has 96 valence electrons. The van der Waals surface area contributed by atoms with Crippen molar-refractivity contribution >= 4 is 39.2 Å². The number of nitrogens with one attached hydrogen (secondary N) is 1. The zero-order valence-electron chi connectivity index (χ0n) is 9.48. The van der Waals surface area contributed by atoms with E-state index < -0.39 is 10.2 Å². The second kappa shape index (κ2) is 5.34. The summed E-state index contributed by atoms with van der Waals surface area (Å²) in [5.74, 6) is -0.0424. The van der Waals surface area contributed by atoms with E-state index >= 15 is 0 Å². The molecule has 0 atom stereocenters. The van der Waals surface area contributed by atoms with E-state index in [1.165, 1.54) is 7.05 Å². The highest BCUT2D eigenvalue weighted by Crippen LogP contribution is 2.26. The third kappa shape index (κ3) is 3.41. The van der Waals surface area contributed by atoms with Crippen LogP contribution in [0.15, 0.2) is 6.33 Å². The predicted octanol–water partition coefficient (Wildman–Crippen LogP) is 1.78. The van der Waals surface area contributed by atoms with Crippen LogP contribution in [0.4, 0.5) is 5.82 Å². The Morgan fingerprint density at radius 3 is 2.47 bits per heavy atom. The van der Waals surface area contributed by atoms with E-state index in [1.807, 2.05) is 0 Å². The van der Waals surface area contributed by atoms with Crippen molar-refractivity contribution in [3.05, 3.63) is 16.5 Å². The van der Waals surface area contributed by atoms with Crippen LogP contribution in [-0.2, 0) is 10.2 Å². The molecule has 0 aliphatic carbocycles. The van der Waals surface area contributed by atoms with Gasteiger partial charge in [0.15, 0.2) is 11.0 Å². The van der Waals surface area contributed by atoms with Crippen LogP contribution in [0.5, 0.6) is 0 Å². The lowest BCUT2D eigenvalue weighted by Crippen LogP contribution is -2.37. The van der Waals surface area contributed by atoms with E-state index in [4.69, 9.17) is 23.2 Å². The standard InChI is InChI=1S/C8H12Cl2N4O2S/c1-5(2)14(3)17(15,16)13-8-6(9)7(10)11-4-12-8/h4-5H,1-3H3,(H,11,12,13). The quantitative estimate of drug-likeness (QED) is 0.860. The molecule has 0 amide bonds. The van der Waals surface area contributed by atoms with E-state index in [-0.39, 0.29) is 22.0 Å². The molecule has 0 aliphatic heterocycles. The first-order valence-electron chi connectivity index (χ1n) is 4.67. The highest BCUT2D eigenvalue weighted by atomic mass is 35.5. The van der Waals surface area contributed by atoms with E-state index in [9.17, 15) is 8.42 Å². The zero-order chi connectivity index (χ0) is 13.2. The van der Waals surface area contributed by atoms with E-state index in [2.05, 4.69) is 14.7 Å². The van der Waals surface area contributed by atoms with Gasteiger partial charge in [-0.05, 0) is 13.8 Å². The summed E-state index contributed by atoms with van der Waals surface area (Å²) < 4.78 is 27.1. The van der Waals surface area contributed by atoms with Crippen LogP contribution in [0.25, 0.3) is 0 Å². The molecular weight excluding hydrogens is 287 g/mol. The molecule has 0 fully saturated rings. The molecule has 1 aromatic heterocycles. The predicted molar refractivity (Wildman–Crippen MR) is 67.5 cm³/mol. The summed E-state index contributed by atoms with van der Waals surface area (Å²) in [5, 5.41) is -0.0403. The number of hydrogen-bond donors (Lipinski definition) is 1. The van der Waals surface area contributed by atoms with Gasteiger partial charge in [0.2, 0.25) is 0 Å². The Kier molecular flexibility index (Phi) is 4.54. The molecular formula is C8H12Cl2N4O2S. The highest BCUT2D eigenvalue weighted by Gasteiger charge is 2.22. The van der Waals surface area contributed by atoms with Crippen molar-refractivity contribution in [1.29, 1.82) is 0 Å². The van der Waals surface area contributed by atoms with Gasteiger partial charge in [-0.25, -0.2) is 9.97 Å². The Balaban J connectivity index is 3.03. The SMILES string of the molecule is CC(C)N(C)S(=O)(=O)Nc1ncnc(Cl)c1Cl. The lowest BCUT2D eigenvalue weighted by atomic mass is 10.4. The molecule has 0 spiro atoms. The molecule has 0 aromatic carbocycles. The van der Waals surface area contributed by atoms with Crippen LogP contribution in [0.1, 0.15) is 13.8 Å². The number of hydrogen-bond acceptors (Lipinski definition) is 4. The molecule has 1 heterocycles. The molecule has 1 aromatic rings. The van der Waals surface area contributed by atoms with Gasteiger partial charge in [0.1, 0.15) is 11.3 Å². The molecule has 9 heteroatoms. The van der Waals surface area contributed by atoms with Crippen molar-refractivity contribution in [2.75, 3.05) is 11.8 Å². The first-order chi connectivity index (χ1) is 7.75. The Morgan fingerprint density at radius 1 is 1.35 bits per heavy atom. The van der Waals surface area contributed by atoms with Crippen LogP contribution in [0, 0.1) is 0 Å². The van der Waals surface area contributed by atoms with Crippen molar-refractivity contribution in [2.24, 2.45) is 0 Å². The molecule has 0 radical (unpaired) electrons. The Labute approximate surface area is 110 Å². The monoisotopic (exact) mass is 298 g/mol. The number of anilines is 1. The summed E-state index contributed by atoms with van der Waals surface area (Å²) in [6.45, 7) is 3.49. The first kappa shape index (κ1) is 14.4. The molecule has 1 rings (SSSR count). The second-order valence-corrected chi connectivity index (χ2v) is 6.01. The van der Waals surface area contributed by atoms with E-state index in [0.717, 1.165) is 10.6 Å². The summed E-state index contributed by atoms with van der Waals surface area (Å²) in [6, 6.07) is -0.191. The Hall–Kier alpha value is -0.630. The molecule has 0 saturated heterocycles. The topological polar surface area (TPSA) is 75.2 Å². The van der Waals surface area contributed by atoms with Crippen LogP contribution >= 0.6 is 23.2 Å². The van der Waals surface area contributed by atoms with Gasteiger partial charge in [0.25, 0.3) is 0 Å². The minimum absolute atomic E-state index is 0.00781. The highest BCUT2D eigenvalue weighted by molar-refractivity contribution is 7.90. The average molecular weight is 299 g/mol. The van der Waals surface area contributed by atoms with Crippen molar-refractivity contribution < 1.29 is 8.42 Å². The van der Waals surface area contributed by atoms with Crippen molar-refractivity contribution in [2.45, 2.75) is 19.9 Å². The molecule has 0 saturated carbocycles. The smallest absolute Gasteiger partial charge is 0.253 e. The summed E-state index contributed by atoms with van der Waals surface area (Å²) in [7, 11) is -2.25. The maximum absolute atomic E-state index is 11.9.